The molecule has 0 spiro atoms. The van der Waals surface area contributed by atoms with E-state index < -0.39 is 22.5 Å². The standard InChI is InChI=1S/C20H21NO6S/c1-4-5-14-26-17-10-12-19(13-11-17)28(23,24)21(2)15-20(22)27-18-8-6-16(25-3)7-9-18/h6-13H,14-15H2,1-3H3. The van der Waals surface area contributed by atoms with Gasteiger partial charge in [-0.1, -0.05) is 5.92 Å². The monoisotopic (exact) mass is 403 g/mol. The Hall–Kier alpha value is -3.02. The van der Waals surface area contributed by atoms with Crippen molar-refractivity contribution in [2.45, 2.75) is 11.8 Å². The lowest BCUT2D eigenvalue weighted by atomic mass is 10.3. The number of esters is 1. The Bertz CT molecular complexity index is 956. The topological polar surface area (TPSA) is 82.1 Å². The van der Waals surface area contributed by atoms with E-state index >= 15 is 0 Å². The second-order valence-electron chi connectivity index (χ2n) is 5.60. The van der Waals surface area contributed by atoms with Crippen molar-refractivity contribution in [2.24, 2.45) is 0 Å². The molecule has 2 aromatic rings. The second kappa shape index (κ2) is 9.78. The predicted octanol–water partition coefficient (Wildman–Crippen LogP) is 2.32. The number of carbonyl (C=O) groups excluding carboxylic acids is 1. The Morgan fingerprint density at radius 2 is 1.57 bits per heavy atom. The van der Waals surface area contributed by atoms with E-state index in [9.17, 15) is 13.2 Å². The number of benzene rings is 2. The van der Waals surface area contributed by atoms with Crippen LogP contribution in [0.3, 0.4) is 0 Å². The number of hydrogen-bond acceptors (Lipinski definition) is 6. The molecular weight excluding hydrogens is 382 g/mol. The minimum absolute atomic E-state index is 0.0428. The van der Waals surface area contributed by atoms with Gasteiger partial charge in [0.15, 0.2) is 0 Å². The third kappa shape index (κ3) is 5.74. The van der Waals surface area contributed by atoms with Crippen LogP contribution in [0.5, 0.6) is 17.2 Å². The maximum atomic E-state index is 12.6. The summed E-state index contributed by atoms with van der Waals surface area (Å²) in [5.41, 5.74) is 0. The molecule has 0 heterocycles. The molecule has 0 amide bonds. The lowest BCUT2D eigenvalue weighted by molar-refractivity contribution is -0.134. The highest BCUT2D eigenvalue weighted by Gasteiger charge is 2.24. The maximum Gasteiger partial charge on any atom is 0.326 e. The second-order valence-corrected chi connectivity index (χ2v) is 7.64. The van der Waals surface area contributed by atoms with Crippen LogP contribution in [0.1, 0.15) is 6.92 Å². The van der Waals surface area contributed by atoms with E-state index in [4.69, 9.17) is 14.2 Å². The van der Waals surface area contributed by atoms with Crippen molar-refractivity contribution in [2.75, 3.05) is 27.3 Å². The van der Waals surface area contributed by atoms with Crippen LogP contribution in [0.2, 0.25) is 0 Å². The van der Waals surface area contributed by atoms with Crippen molar-refractivity contribution in [1.29, 1.82) is 0 Å². The van der Waals surface area contributed by atoms with Crippen LogP contribution >= 0.6 is 0 Å². The van der Waals surface area contributed by atoms with Crippen molar-refractivity contribution in [3.8, 4) is 29.1 Å². The first-order valence-corrected chi connectivity index (χ1v) is 9.74. The van der Waals surface area contributed by atoms with Gasteiger partial charge in [0, 0.05) is 7.05 Å². The van der Waals surface area contributed by atoms with E-state index in [0.29, 0.717) is 17.2 Å². The van der Waals surface area contributed by atoms with Crippen molar-refractivity contribution in [3.63, 3.8) is 0 Å². The lowest BCUT2D eigenvalue weighted by Gasteiger charge is -2.16. The summed E-state index contributed by atoms with van der Waals surface area (Å²) in [6.07, 6.45) is 0. The minimum atomic E-state index is -3.85. The summed E-state index contributed by atoms with van der Waals surface area (Å²) in [6, 6.07) is 12.3. The molecule has 0 aliphatic heterocycles. The highest BCUT2D eigenvalue weighted by atomic mass is 32.2. The maximum absolute atomic E-state index is 12.6. The minimum Gasteiger partial charge on any atom is -0.497 e. The smallest absolute Gasteiger partial charge is 0.326 e. The van der Waals surface area contributed by atoms with Gasteiger partial charge in [-0.05, 0) is 55.5 Å². The number of sulfonamides is 1. The van der Waals surface area contributed by atoms with E-state index in [-0.39, 0.29) is 11.5 Å². The normalized spacial score (nSPS) is 10.7. The summed E-state index contributed by atoms with van der Waals surface area (Å²) in [5, 5.41) is 0. The van der Waals surface area contributed by atoms with E-state index in [1.54, 1.807) is 31.2 Å². The number of nitrogens with zero attached hydrogens (tertiary/aromatic N) is 1. The van der Waals surface area contributed by atoms with Crippen molar-refractivity contribution in [1.82, 2.24) is 4.31 Å². The van der Waals surface area contributed by atoms with Crippen molar-refractivity contribution in [3.05, 3.63) is 48.5 Å². The summed E-state index contributed by atoms with van der Waals surface area (Å²) >= 11 is 0. The molecule has 0 radical (unpaired) electrons. The fourth-order valence-corrected chi connectivity index (χ4v) is 3.27. The highest BCUT2D eigenvalue weighted by Crippen LogP contribution is 2.20. The van der Waals surface area contributed by atoms with Gasteiger partial charge in [0.25, 0.3) is 0 Å². The van der Waals surface area contributed by atoms with Gasteiger partial charge in [-0.3, -0.25) is 4.79 Å². The lowest BCUT2D eigenvalue weighted by Crippen LogP contribution is -2.34. The van der Waals surface area contributed by atoms with Gasteiger partial charge in [0.05, 0.1) is 12.0 Å². The van der Waals surface area contributed by atoms with Crippen molar-refractivity contribution < 1.29 is 27.4 Å². The molecule has 2 rings (SSSR count). The van der Waals surface area contributed by atoms with Crippen LogP contribution in [-0.4, -0.2) is 46.0 Å². The Balaban J connectivity index is 1.99. The molecule has 0 bridgehead atoms. The van der Waals surface area contributed by atoms with Gasteiger partial charge in [-0.25, -0.2) is 8.42 Å². The van der Waals surface area contributed by atoms with Gasteiger partial charge < -0.3 is 14.2 Å². The SMILES string of the molecule is CC#CCOc1ccc(S(=O)(=O)N(C)CC(=O)Oc2ccc(OC)cc2)cc1. The van der Waals surface area contributed by atoms with Gasteiger partial charge >= 0.3 is 5.97 Å². The Morgan fingerprint density at radius 1 is 1.00 bits per heavy atom. The largest absolute Gasteiger partial charge is 0.497 e. The molecule has 0 aliphatic carbocycles. The van der Waals surface area contributed by atoms with E-state index in [1.807, 2.05) is 0 Å². The molecule has 0 aliphatic rings. The van der Waals surface area contributed by atoms with Gasteiger partial charge in [0.2, 0.25) is 10.0 Å². The van der Waals surface area contributed by atoms with Gasteiger partial charge in [0.1, 0.15) is 30.4 Å². The number of likely N-dealkylation sites (N-methyl/N-ethyl adjacent to an activating group) is 1. The number of rotatable bonds is 8. The third-order valence-electron chi connectivity index (χ3n) is 3.66. The molecular formula is C20H21NO6S. The van der Waals surface area contributed by atoms with Crippen LogP contribution < -0.4 is 14.2 Å². The number of hydrogen-bond donors (Lipinski definition) is 0. The molecule has 0 aromatic heterocycles. The van der Waals surface area contributed by atoms with Gasteiger partial charge in [-0.15, -0.1) is 5.92 Å². The van der Waals surface area contributed by atoms with Crippen LogP contribution in [0.4, 0.5) is 0 Å². The molecule has 8 heteroatoms. The first kappa shape index (κ1) is 21.3. The summed E-state index contributed by atoms with van der Waals surface area (Å²) in [6.45, 7) is 1.49. The zero-order valence-corrected chi connectivity index (χ0v) is 16.7. The van der Waals surface area contributed by atoms with E-state index in [2.05, 4.69) is 11.8 Å². The Kier molecular flexibility index (Phi) is 7.44. The predicted molar refractivity (Wildman–Crippen MR) is 104 cm³/mol. The number of carbonyl (C=O) groups is 1. The molecule has 0 saturated heterocycles. The molecule has 0 unspecified atom stereocenters. The molecule has 148 valence electrons. The fraction of sp³-hybridized carbons (Fsp3) is 0.250. The molecule has 7 nitrogen and oxygen atoms in total. The van der Waals surface area contributed by atoms with Crippen LogP contribution in [-0.2, 0) is 14.8 Å². The first-order chi connectivity index (χ1) is 13.4. The zero-order chi connectivity index (χ0) is 20.6. The quantitative estimate of drug-likeness (QED) is 0.382. The molecule has 2 aromatic carbocycles. The van der Waals surface area contributed by atoms with Crippen LogP contribution in [0, 0.1) is 11.8 Å². The fourth-order valence-electron chi connectivity index (χ4n) is 2.15. The Morgan fingerprint density at radius 3 is 2.14 bits per heavy atom. The number of ether oxygens (including phenoxy) is 3. The Labute approximate surface area is 164 Å². The zero-order valence-electron chi connectivity index (χ0n) is 15.8. The molecule has 0 N–H and O–H groups in total. The van der Waals surface area contributed by atoms with E-state index in [1.165, 1.54) is 38.4 Å². The molecule has 0 atom stereocenters. The third-order valence-corrected chi connectivity index (χ3v) is 5.48. The van der Waals surface area contributed by atoms with Crippen LogP contribution in [0.25, 0.3) is 0 Å². The summed E-state index contributed by atoms with van der Waals surface area (Å²) in [7, 11) is -1.01. The number of methoxy groups -OCH3 is 1. The molecule has 0 saturated carbocycles. The highest BCUT2D eigenvalue weighted by molar-refractivity contribution is 7.89. The van der Waals surface area contributed by atoms with Gasteiger partial charge in [-0.2, -0.15) is 4.31 Å². The molecule has 28 heavy (non-hydrogen) atoms. The first-order valence-electron chi connectivity index (χ1n) is 8.30. The average molecular weight is 403 g/mol. The van der Waals surface area contributed by atoms with Crippen molar-refractivity contribution >= 4 is 16.0 Å². The summed E-state index contributed by atoms with van der Waals surface area (Å²) in [5.74, 6) is 6.17. The van der Waals surface area contributed by atoms with E-state index in [0.717, 1.165) is 4.31 Å². The van der Waals surface area contributed by atoms with Crippen LogP contribution in [0.15, 0.2) is 53.4 Å². The summed E-state index contributed by atoms with van der Waals surface area (Å²) < 4.78 is 41.7. The molecule has 0 fully saturated rings. The average Bonchev–Trinajstić information content (AvgIpc) is 2.69. The summed E-state index contributed by atoms with van der Waals surface area (Å²) in [4.78, 5) is 12.1.